The second kappa shape index (κ2) is 7.81. The van der Waals surface area contributed by atoms with E-state index in [0.717, 1.165) is 12.5 Å². The number of ether oxygens (including phenoxy) is 2. The summed E-state index contributed by atoms with van der Waals surface area (Å²) in [6, 6.07) is 3.26. The molecule has 7 heteroatoms. The molecule has 0 heterocycles. The highest BCUT2D eigenvalue weighted by Gasteiger charge is 2.13. The van der Waals surface area contributed by atoms with Crippen molar-refractivity contribution in [3.8, 4) is 5.75 Å². The van der Waals surface area contributed by atoms with Crippen LogP contribution in [0.4, 0.5) is 4.39 Å². The van der Waals surface area contributed by atoms with Gasteiger partial charge in [0.25, 0.3) is 9.05 Å². The van der Waals surface area contributed by atoms with Gasteiger partial charge in [-0.25, -0.2) is 12.8 Å². The van der Waals surface area contributed by atoms with Crippen molar-refractivity contribution in [2.45, 2.75) is 25.2 Å². The topological polar surface area (TPSA) is 52.6 Å². The Labute approximate surface area is 123 Å². The van der Waals surface area contributed by atoms with Crippen LogP contribution in [0.3, 0.4) is 0 Å². The second-order valence-corrected chi connectivity index (χ2v) is 7.24. The van der Waals surface area contributed by atoms with Gasteiger partial charge in [-0.15, -0.1) is 0 Å². The average Bonchev–Trinajstić information content (AvgIpc) is 2.33. The van der Waals surface area contributed by atoms with E-state index < -0.39 is 14.9 Å². The standard InChI is InChI=1S/C13H18ClFO4S/c1-10(2)5-6-18-7-8-19-13-4-3-11(9-12(13)15)20(14,16)17/h3-4,9-10H,5-8H2,1-2H3. The minimum Gasteiger partial charge on any atom is -0.488 e. The summed E-state index contributed by atoms with van der Waals surface area (Å²) in [7, 11) is 1.18. The van der Waals surface area contributed by atoms with Crippen molar-refractivity contribution in [1.82, 2.24) is 0 Å². The van der Waals surface area contributed by atoms with Crippen molar-refractivity contribution in [3.05, 3.63) is 24.0 Å². The van der Waals surface area contributed by atoms with E-state index in [1.165, 1.54) is 12.1 Å². The lowest BCUT2D eigenvalue weighted by Gasteiger charge is -2.09. The first-order valence-corrected chi connectivity index (χ1v) is 8.56. The van der Waals surface area contributed by atoms with Crippen LogP contribution < -0.4 is 4.74 Å². The molecule has 20 heavy (non-hydrogen) atoms. The summed E-state index contributed by atoms with van der Waals surface area (Å²) in [6.45, 7) is 5.38. The van der Waals surface area contributed by atoms with Crippen molar-refractivity contribution in [1.29, 1.82) is 0 Å². The molecular formula is C13H18ClFO4S. The van der Waals surface area contributed by atoms with Crippen LogP contribution in [0.15, 0.2) is 23.1 Å². The van der Waals surface area contributed by atoms with Gasteiger partial charge in [-0.3, -0.25) is 0 Å². The highest BCUT2D eigenvalue weighted by Crippen LogP contribution is 2.23. The first kappa shape index (κ1) is 17.2. The Bertz CT molecular complexity index is 531. The Morgan fingerprint density at radius 3 is 2.50 bits per heavy atom. The maximum atomic E-state index is 13.6. The van der Waals surface area contributed by atoms with E-state index in [1.54, 1.807) is 0 Å². The van der Waals surface area contributed by atoms with Crippen molar-refractivity contribution in [2.24, 2.45) is 5.92 Å². The van der Waals surface area contributed by atoms with E-state index in [2.05, 4.69) is 13.8 Å². The van der Waals surface area contributed by atoms with Crippen molar-refractivity contribution in [3.63, 3.8) is 0 Å². The van der Waals surface area contributed by atoms with Gasteiger partial charge in [0, 0.05) is 17.3 Å². The van der Waals surface area contributed by atoms with Crippen LogP contribution in [0, 0.1) is 11.7 Å². The molecule has 1 rings (SSSR count). The minimum atomic E-state index is -3.93. The molecule has 0 saturated carbocycles. The Morgan fingerprint density at radius 1 is 1.25 bits per heavy atom. The van der Waals surface area contributed by atoms with Crippen LogP contribution >= 0.6 is 10.7 Å². The Kier molecular flexibility index (Phi) is 6.71. The van der Waals surface area contributed by atoms with Crippen LogP contribution in [-0.2, 0) is 13.8 Å². The summed E-state index contributed by atoms with van der Waals surface area (Å²) in [6.07, 6.45) is 0.955. The summed E-state index contributed by atoms with van der Waals surface area (Å²) in [4.78, 5) is -0.294. The first-order chi connectivity index (χ1) is 9.30. The van der Waals surface area contributed by atoms with E-state index in [0.29, 0.717) is 19.1 Å². The lowest BCUT2D eigenvalue weighted by Crippen LogP contribution is -2.09. The lowest BCUT2D eigenvalue weighted by atomic mass is 10.1. The number of hydrogen-bond donors (Lipinski definition) is 0. The molecule has 0 amide bonds. The molecule has 0 spiro atoms. The first-order valence-electron chi connectivity index (χ1n) is 6.25. The van der Waals surface area contributed by atoms with Crippen LogP contribution in [-0.4, -0.2) is 28.2 Å². The van der Waals surface area contributed by atoms with Crippen LogP contribution in [0.2, 0.25) is 0 Å². The van der Waals surface area contributed by atoms with Gasteiger partial charge in [0.05, 0.1) is 11.5 Å². The maximum absolute atomic E-state index is 13.6. The lowest BCUT2D eigenvalue weighted by molar-refractivity contribution is 0.0913. The van der Waals surface area contributed by atoms with Gasteiger partial charge in [0.15, 0.2) is 11.6 Å². The number of halogens is 2. The highest BCUT2D eigenvalue weighted by atomic mass is 35.7. The second-order valence-electron chi connectivity index (χ2n) is 4.67. The Hall–Kier alpha value is -0.850. The molecule has 0 unspecified atom stereocenters. The molecule has 0 saturated heterocycles. The van der Waals surface area contributed by atoms with Crippen LogP contribution in [0.5, 0.6) is 5.75 Å². The van der Waals surface area contributed by atoms with Gasteiger partial charge >= 0.3 is 0 Å². The molecule has 0 aliphatic heterocycles. The third kappa shape index (κ3) is 6.07. The fourth-order valence-corrected chi connectivity index (χ4v) is 2.14. The molecule has 0 N–H and O–H groups in total. The molecule has 0 radical (unpaired) electrons. The van der Waals surface area contributed by atoms with Gasteiger partial charge in [0.2, 0.25) is 0 Å². The van der Waals surface area contributed by atoms with E-state index >= 15 is 0 Å². The predicted octanol–water partition coefficient (Wildman–Crippen LogP) is 3.19. The van der Waals surface area contributed by atoms with Gasteiger partial charge in [0.1, 0.15) is 6.61 Å². The summed E-state index contributed by atoms with van der Waals surface area (Å²) in [5.41, 5.74) is 0. The molecule has 0 aromatic heterocycles. The third-order valence-electron chi connectivity index (χ3n) is 2.51. The summed E-state index contributed by atoms with van der Waals surface area (Å²) in [5, 5.41) is 0. The minimum absolute atomic E-state index is 0.0264. The zero-order valence-electron chi connectivity index (χ0n) is 11.4. The SMILES string of the molecule is CC(C)CCOCCOc1ccc(S(=O)(=O)Cl)cc1F. The van der Waals surface area contributed by atoms with Crippen molar-refractivity contribution < 1.29 is 22.3 Å². The zero-order chi connectivity index (χ0) is 15.2. The van der Waals surface area contributed by atoms with Crippen molar-refractivity contribution >= 4 is 19.7 Å². The third-order valence-corrected chi connectivity index (χ3v) is 3.86. The van der Waals surface area contributed by atoms with E-state index in [1.807, 2.05) is 0 Å². The fraction of sp³-hybridized carbons (Fsp3) is 0.538. The van der Waals surface area contributed by atoms with Gasteiger partial charge in [-0.1, -0.05) is 13.8 Å². The molecule has 0 aliphatic rings. The molecule has 114 valence electrons. The van der Waals surface area contributed by atoms with Crippen molar-refractivity contribution in [2.75, 3.05) is 19.8 Å². The van der Waals surface area contributed by atoms with Gasteiger partial charge in [-0.05, 0) is 30.5 Å². The molecule has 4 nitrogen and oxygen atoms in total. The highest BCUT2D eigenvalue weighted by molar-refractivity contribution is 8.13. The number of benzene rings is 1. The molecule has 0 atom stereocenters. The zero-order valence-corrected chi connectivity index (χ0v) is 13.0. The summed E-state index contributed by atoms with van der Waals surface area (Å²) >= 11 is 0. The van der Waals surface area contributed by atoms with E-state index in [9.17, 15) is 12.8 Å². The molecule has 1 aromatic carbocycles. The smallest absolute Gasteiger partial charge is 0.261 e. The van der Waals surface area contributed by atoms with Crippen LogP contribution in [0.25, 0.3) is 0 Å². The summed E-state index contributed by atoms with van der Waals surface area (Å²) in [5.74, 6) is -0.228. The molecule has 1 aromatic rings. The molecule has 0 aliphatic carbocycles. The van der Waals surface area contributed by atoms with E-state index in [4.69, 9.17) is 20.2 Å². The van der Waals surface area contributed by atoms with Gasteiger partial charge < -0.3 is 9.47 Å². The summed E-state index contributed by atoms with van der Waals surface area (Å²) < 4.78 is 46.1. The average molecular weight is 325 g/mol. The van der Waals surface area contributed by atoms with Crippen LogP contribution in [0.1, 0.15) is 20.3 Å². The molecule has 0 fully saturated rings. The maximum Gasteiger partial charge on any atom is 0.261 e. The molecular weight excluding hydrogens is 307 g/mol. The molecule has 0 bridgehead atoms. The van der Waals surface area contributed by atoms with E-state index in [-0.39, 0.29) is 17.3 Å². The predicted molar refractivity (Wildman–Crippen MR) is 75.2 cm³/mol. The number of rotatable bonds is 8. The normalized spacial score (nSPS) is 11.8. The number of hydrogen-bond acceptors (Lipinski definition) is 4. The van der Waals surface area contributed by atoms with Gasteiger partial charge in [-0.2, -0.15) is 0 Å². The quantitative estimate of drug-likeness (QED) is 0.544. The largest absolute Gasteiger partial charge is 0.488 e. The fourth-order valence-electron chi connectivity index (χ4n) is 1.38. The monoisotopic (exact) mass is 324 g/mol. The Morgan fingerprint density at radius 2 is 1.95 bits per heavy atom. The Balaban J connectivity index is 2.42.